The van der Waals surface area contributed by atoms with Gasteiger partial charge in [-0.1, -0.05) is 17.3 Å². The predicted molar refractivity (Wildman–Crippen MR) is 99.1 cm³/mol. The fourth-order valence-electron chi connectivity index (χ4n) is 2.91. The smallest absolute Gasteiger partial charge is 0.453 e. The van der Waals surface area contributed by atoms with Crippen molar-refractivity contribution in [3.05, 3.63) is 65.9 Å². The summed E-state index contributed by atoms with van der Waals surface area (Å²) in [4.78, 5) is 22.5. The van der Waals surface area contributed by atoms with Gasteiger partial charge in [-0.25, -0.2) is 14.2 Å². The SMILES string of the molecule is COC(=O)c1ccc(-c2nc(-c3c(-c4cccc(F)c4)noc3C(F)(F)F)c[nH]2)nc1. The number of esters is 1. The maximum absolute atomic E-state index is 13.6. The van der Waals surface area contributed by atoms with E-state index in [2.05, 4.69) is 29.4 Å². The zero-order valence-corrected chi connectivity index (χ0v) is 15.7. The van der Waals surface area contributed by atoms with Crippen LogP contribution in [0.2, 0.25) is 0 Å². The Balaban J connectivity index is 1.79. The molecule has 0 saturated heterocycles. The number of aromatic amines is 1. The largest absolute Gasteiger partial charge is 0.465 e. The Bertz CT molecular complexity index is 1250. The Hall–Kier alpha value is -4.02. The molecule has 7 nitrogen and oxygen atoms in total. The van der Waals surface area contributed by atoms with Crippen molar-refractivity contribution in [1.29, 1.82) is 0 Å². The minimum absolute atomic E-state index is 0.0966. The van der Waals surface area contributed by atoms with Crippen LogP contribution in [0.4, 0.5) is 17.6 Å². The molecule has 0 fully saturated rings. The number of benzene rings is 1. The van der Waals surface area contributed by atoms with Gasteiger partial charge >= 0.3 is 12.1 Å². The van der Waals surface area contributed by atoms with E-state index >= 15 is 0 Å². The molecule has 0 spiro atoms. The molecular formula is C20H12F4N4O3. The number of alkyl halides is 3. The van der Waals surface area contributed by atoms with Crippen LogP contribution >= 0.6 is 0 Å². The van der Waals surface area contributed by atoms with Crippen LogP contribution < -0.4 is 0 Å². The molecule has 0 amide bonds. The van der Waals surface area contributed by atoms with Crippen molar-refractivity contribution < 1.29 is 31.6 Å². The van der Waals surface area contributed by atoms with Crippen molar-refractivity contribution in [3.8, 4) is 34.0 Å². The lowest BCUT2D eigenvalue weighted by molar-refractivity contribution is -0.154. The Morgan fingerprint density at radius 2 is 1.97 bits per heavy atom. The monoisotopic (exact) mass is 432 g/mol. The second-order valence-electron chi connectivity index (χ2n) is 6.30. The third kappa shape index (κ3) is 3.89. The first-order chi connectivity index (χ1) is 14.8. The fraction of sp³-hybridized carbons (Fsp3) is 0.100. The summed E-state index contributed by atoms with van der Waals surface area (Å²) in [6, 6.07) is 7.85. The first-order valence-electron chi connectivity index (χ1n) is 8.71. The fourth-order valence-corrected chi connectivity index (χ4v) is 2.91. The molecule has 31 heavy (non-hydrogen) atoms. The molecule has 0 atom stereocenters. The molecule has 0 saturated carbocycles. The topological polar surface area (TPSA) is 93.9 Å². The summed E-state index contributed by atoms with van der Waals surface area (Å²) < 4.78 is 63.3. The highest BCUT2D eigenvalue weighted by Crippen LogP contribution is 2.42. The average molecular weight is 432 g/mol. The van der Waals surface area contributed by atoms with Crippen LogP contribution in [0.3, 0.4) is 0 Å². The second-order valence-corrected chi connectivity index (χ2v) is 6.30. The number of carbonyl (C=O) groups is 1. The summed E-state index contributed by atoms with van der Waals surface area (Å²) in [6.07, 6.45) is -2.37. The second kappa shape index (κ2) is 7.67. The van der Waals surface area contributed by atoms with Gasteiger partial charge in [-0.15, -0.1) is 0 Å². The minimum Gasteiger partial charge on any atom is -0.465 e. The van der Waals surface area contributed by atoms with E-state index in [1.54, 1.807) is 0 Å². The number of aromatic nitrogens is 4. The average Bonchev–Trinajstić information content (AvgIpc) is 3.40. The van der Waals surface area contributed by atoms with Gasteiger partial charge in [0.25, 0.3) is 0 Å². The van der Waals surface area contributed by atoms with E-state index in [-0.39, 0.29) is 34.0 Å². The Morgan fingerprint density at radius 3 is 2.61 bits per heavy atom. The van der Waals surface area contributed by atoms with Crippen molar-refractivity contribution in [3.63, 3.8) is 0 Å². The van der Waals surface area contributed by atoms with E-state index in [0.717, 1.165) is 12.1 Å². The summed E-state index contributed by atoms with van der Waals surface area (Å²) in [5.74, 6) is -2.44. The van der Waals surface area contributed by atoms with Crippen molar-refractivity contribution in [2.75, 3.05) is 7.11 Å². The maximum Gasteiger partial charge on any atom is 0.453 e. The van der Waals surface area contributed by atoms with Gasteiger partial charge in [-0.05, 0) is 24.3 Å². The molecule has 0 unspecified atom stereocenters. The van der Waals surface area contributed by atoms with Gasteiger partial charge in [0.15, 0.2) is 5.82 Å². The highest BCUT2D eigenvalue weighted by Gasteiger charge is 2.41. The maximum atomic E-state index is 13.6. The van der Waals surface area contributed by atoms with Crippen molar-refractivity contribution in [2.45, 2.75) is 6.18 Å². The van der Waals surface area contributed by atoms with E-state index in [1.165, 1.54) is 43.8 Å². The zero-order chi connectivity index (χ0) is 22.2. The molecule has 158 valence electrons. The number of pyridine rings is 1. The summed E-state index contributed by atoms with van der Waals surface area (Å²) in [7, 11) is 1.22. The highest BCUT2D eigenvalue weighted by molar-refractivity contribution is 5.89. The van der Waals surface area contributed by atoms with Crippen LogP contribution in [0.15, 0.2) is 53.3 Å². The molecule has 0 radical (unpaired) electrons. The first kappa shape index (κ1) is 20.3. The number of H-pyrrole nitrogens is 1. The van der Waals surface area contributed by atoms with E-state index in [9.17, 15) is 22.4 Å². The van der Waals surface area contributed by atoms with E-state index < -0.39 is 29.3 Å². The molecule has 0 aliphatic carbocycles. The molecule has 0 aliphatic heterocycles. The van der Waals surface area contributed by atoms with Gasteiger partial charge in [-0.3, -0.25) is 4.98 Å². The summed E-state index contributed by atoms with van der Waals surface area (Å²) in [6.45, 7) is 0. The number of rotatable bonds is 4. The van der Waals surface area contributed by atoms with Crippen LogP contribution in [0.25, 0.3) is 34.0 Å². The van der Waals surface area contributed by atoms with E-state index in [1.807, 2.05) is 0 Å². The van der Waals surface area contributed by atoms with Gasteiger partial charge in [-0.2, -0.15) is 13.2 Å². The minimum atomic E-state index is -4.85. The Kier molecular flexibility index (Phi) is 5.01. The Morgan fingerprint density at radius 1 is 1.16 bits per heavy atom. The number of nitrogens with zero attached hydrogens (tertiary/aromatic N) is 3. The quantitative estimate of drug-likeness (QED) is 0.370. The number of hydrogen-bond donors (Lipinski definition) is 1. The molecule has 0 bridgehead atoms. The predicted octanol–water partition coefficient (Wildman–Crippen LogP) is 4.74. The lowest BCUT2D eigenvalue weighted by atomic mass is 10.0. The number of carbonyl (C=O) groups excluding carboxylic acids is 1. The summed E-state index contributed by atoms with van der Waals surface area (Å²) in [5.41, 5.74) is -0.201. The molecular weight excluding hydrogens is 420 g/mol. The van der Waals surface area contributed by atoms with Crippen molar-refractivity contribution in [2.24, 2.45) is 0 Å². The zero-order valence-electron chi connectivity index (χ0n) is 15.7. The van der Waals surface area contributed by atoms with Crippen LogP contribution in [0.1, 0.15) is 16.1 Å². The Labute approximate surface area is 171 Å². The van der Waals surface area contributed by atoms with Crippen molar-refractivity contribution in [1.82, 2.24) is 20.1 Å². The lowest BCUT2D eigenvalue weighted by Gasteiger charge is -2.05. The van der Waals surface area contributed by atoms with Gasteiger partial charge in [0.05, 0.1) is 23.9 Å². The van der Waals surface area contributed by atoms with Crippen LogP contribution in [0.5, 0.6) is 0 Å². The highest BCUT2D eigenvalue weighted by atomic mass is 19.4. The lowest BCUT2D eigenvalue weighted by Crippen LogP contribution is -2.05. The van der Waals surface area contributed by atoms with Crippen molar-refractivity contribution >= 4 is 5.97 Å². The molecule has 1 N–H and O–H groups in total. The van der Waals surface area contributed by atoms with Gasteiger partial charge in [0.1, 0.15) is 17.2 Å². The third-order valence-electron chi connectivity index (χ3n) is 4.31. The number of halogens is 4. The molecule has 3 aromatic heterocycles. The normalized spacial score (nSPS) is 11.5. The third-order valence-corrected chi connectivity index (χ3v) is 4.31. The number of ether oxygens (including phenoxy) is 1. The molecule has 11 heteroatoms. The molecule has 4 rings (SSSR count). The number of nitrogens with one attached hydrogen (secondary N) is 1. The van der Waals surface area contributed by atoms with Crippen LogP contribution in [-0.4, -0.2) is 33.2 Å². The van der Waals surface area contributed by atoms with Crippen LogP contribution in [-0.2, 0) is 10.9 Å². The van der Waals surface area contributed by atoms with E-state index in [4.69, 9.17) is 0 Å². The molecule has 1 aromatic carbocycles. The first-order valence-corrected chi connectivity index (χ1v) is 8.71. The number of hydrogen-bond acceptors (Lipinski definition) is 6. The molecule has 4 aromatic rings. The molecule has 3 heterocycles. The van der Waals surface area contributed by atoms with Gasteiger partial charge < -0.3 is 14.2 Å². The summed E-state index contributed by atoms with van der Waals surface area (Å²) in [5, 5.41) is 3.51. The number of methoxy groups -OCH3 is 1. The summed E-state index contributed by atoms with van der Waals surface area (Å²) >= 11 is 0. The van der Waals surface area contributed by atoms with Gasteiger partial charge in [0, 0.05) is 18.0 Å². The number of imidazole rings is 1. The van der Waals surface area contributed by atoms with Gasteiger partial charge in [0.2, 0.25) is 5.76 Å². The molecule has 0 aliphatic rings. The van der Waals surface area contributed by atoms with Crippen LogP contribution in [0, 0.1) is 5.82 Å². The van der Waals surface area contributed by atoms with E-state index in [0.29, 0.717) is 0 Å². The standard InChI is InChI=1S/C20H12F4N4O3/c1-30-19(29)11-5-6-13(25-8-11)18-26-9-14(27-18)15-16(10-3-2-4-12(21)7-10)28-31-17(15)20(22,23)24/h2-9H,1H3,(H,26,27).